The molecule has 0 aliphatic rings. The van der Waals surface area contributed by atoms with Gasteiger partial charge in [-0.3, -0.25) is 10.1 Å². The Hall–Kier alpha value is -2.62. The van der Waals surface area contributed by atoms with Crippen molar-refractivity contribution in [1.82, 2.24) is 0 Å². The van der Waals surface area contributed by atoms with Crippen LogP contribution in [-0.4, -0.2) is 18.5 Å². The molecular weight excluding hydrogens is 278 g/mol. The first-order chi connectivity index (χ1) is 10.5. The Kier molecular flexibility index (Phi) is 6.83. The first-order valence-electron chi connectivity index (χ1n) is 7.00. The zero-order valence-corrected chi connectivity index (χ0v) is 13.0. The van der Waals surface area contributed by atoms with Crippen LogP contribution >= 0.6 is 0 Å². The van der Waals surface area contributed by atoms with E-state index in [9.17, 15) is 9.59 Å². The van der Waals surface area contributed by atoms with E-state index in [0.29, 0.717) is 11.3 Å². The molecule has 1 rings (SSSR count). The van der Waals surface area contributed by atoms with E-state index in [4.69, 9.17) is 4.74 Å². The molecule has 0 fully saturated rings. The third-order valence-electron chi connectivity index (χ3n) is 2.90. The van der Waals surface area contributed by atoms with Gasteiger partial charge in [-0.15, -0.1) is 0 Å². The highest BCUT2D eigenvalue weighted by molar-refractivity contribution is 5.98. The Morgan fingerprint density at radius 2 is 1.86 bits per heavy atom. The van der Waals surface area contributed by atoms with Gasteiger partial charge in [0.2, 0.25) is 0 Å². The predicted octanol–water partition coefficient (Wildman–Crippen LogP) is 4.37. The van der Waals surface area contributed by atoms with Crippen molar-refractivity contribution >= 4 is 17.6 Å². The number of Topliss-reactive ketones (excluding diaryl/α,β-unsaturated/α-hetero) is 1. The molecule has 4 nitrogen and oxygen atoms in total. The highest BCUT2D eigenvalue weighted by Crippen LogP contribution is 2.13. The van der Waals surface area contributed by atoms with Crippen molar-refractivity contribution < 1.29 is 14.3 Å². The van der Waals surface area contributed by atoms with Crippen molar-refractivity contribution in [2.45, 2.75) is 13.8 Å². The van der Waals surface area contributed by atoms with Gasteiger partial charge in [-0.25, -0.2) is 4.79 Å². The van der Waals surface area contributed by atoms with E-state index in [2.05, 4.69) is 18.5 Å². The number of amides is 1. The molecule has 0 unspecified atom stereocenters. The lowest BCUT2D eigenvalue weighted by molar-refractivity contribution is 0.0939. The van der Waals surface area contributed by atoms with E-state index in [1.807, 2.05) is 13.8 Å². The monoisotopic (exact) mass is 299 g/mol. The molecule has 0 aliphatic heterocycles. The van der Waals surface area contributed by atoms with E-state index in [1.165, 1.54) is 0 Å². The molecule has 22 heavy (non-hydrogen) atoms. The van der Waals surface area contributed by atoms with Gasteiger partial charge in [0.15, 0.2) is 5.78 Å². The van der Waals surface area contributed by atoms with E-state index >= 15 is 0 Å². The maximum absolute atomic E-state index is 11.8. The Bertz CT molecular complexity index is 583. The van der Waals surface area contributed by atoms with Gasteiger partial charge in [-0.05, 0) is 29.8 Å². The highest BCUT2D eigenvalue weighted by atomic mass is 16.5. The summed E-state index contributed by atoms with van der Waals surface area (Å²) in [6.45, 7) is 11.0. The molecule has 0 heterocycles. The second-order valence-electron chi connectivity index (χ2n) is 4.98. The number of nitrogens with one attached hydrogen (secondary N) is 1. The van der Waals surface area contributed by atoms with Gasteiger partial charge in [0, 0.05) is 17.2 Å². The molecule has 116 valence electrons. The summed E-state index contributed by atoms with van der Waals surface area (Å²) in [5, 5.41) is 2.60. The third kappa shape index (κ3) is 5.40. The number of hydrogen-bond donors (Lipinski definition) is 1. The molecular formula is C18H21NO3. The lowest BCUT2D eigenvalue weighted by Gasteiger charge is -2.08. The van der Waals surface area contributed by atoms with Crippen molar-refractivity contribution in [1.29, 1.82) is 0 Å². The molecule has 0 saturated carbocycles. The summed E-state index contributed by atoms with van der Waals surface area (Å²) in [6, 6.07) is 6.71. The fourth-order valence-electron chi connectivity index (χ4n) is 1.68. The number of anilines is 1. The van der Waals surface area contributed by atoms with Crippen molar-refractivity contribution in [3.8, 4) is 0 Å². The molecule has 0 bridgehead atoms. The number of benzene rings is 1. The van der Waals surface area contributed by atoms with Crippen LogP contribution in [0.4, 0.5) is 10.5 Å². The molecule has 1 N–H and O–H groups in total. The quantitative estimate of drug-likeness (QED) is 0.600. The Balaban J connectivity index is 2.58. The second kappa shape index (κ2) is 8.62. The number of carbonyl (C=O) groups excluding carboxylic acids is 2. The minimum atomic E-state index is -0.570. The van der Waals surface area contributed by atoms with Crippen LogP contribution in [0.25, 0.3) is 0 Å². The van der Waals surface area contributed by atoms with E-state index in [-0.39, 0.29) is 18.3 Å². The lowest BCUT2D eigenvalue weighted by Crippen LogP contribution is -2.15. The predicted molar refractivity (Wildman–Crippen MR) is 89.1 cm³/mol. The van der Waals surface area contributed by atoms with Crippen molar-refractivity contribution in [3.63, 3.8) is 0 Å². The van der Waals surface area contributed by atoms with Crippen LogP contribution in [0.5, 0.6) is 0 Å². The number of ketones is 1. The van der Waals surface area contributed by atoms with Crippen LogP contribution in [0.2, 0.25) is 0 Å². The highest BCUT2D eigenvalue weighted by Gasteiger charge is 2.10. The summed E-state index contributed by atoms with van der Waals surface area (Å²) >= 11 is 0. The average molecular weight is 299 g/mol. The second-order valence-corrected chi connectivity index (χ2v) is 4.98. The Labute approximate surface area is 131 Å². The molecule has 0 saturated heterocycles. The minimum absolute atomic E-state index is 0.0576. The maximum atomic E-state index is 11.8. The van der Waals surface area contributed by atoms with Crippen LogP contribution in [0, 0.1) is 5.92 Å². The average Bonchev–Trinajstić information content (AvgIpc) is 2.51. The van der Waals surface area contributed by atoms with E-state index in [0.717, 1.165) is 5.57 Å². The summed E-state index contributed by atoms with van der Waals surface area (Å²) in [6.07, 6.45) is 4.34. The lowest BCUT2D eigenvalue weighted by atomic mass is 10.0. The Morgan fingerprint density at radius 3 is 2.36 bits per heavy atom. The molecule has 1 aromatic carbocycles. The molecule has 0 spiro atoms. The molecule has 0 radical (unpaired) electrons. The first kappa shape index (κ1) is 17.4. The Morgan fingerprint density at radius 1 is 1.23 bits per heavy atom. The van der Waals surface area contributed by atoms with Crippen molar-refractivity contribution in [3.05, 3.63) is 66.8 Å². The number of carbonyl (C=O) groups is 2. The molecule has 1 amide bonds. The zero-order chi connectivity index (χ0) is 16.5. The van der Waals surface area contributed by atoms with Gasteiger partial charge >= 0.3 is 6.09 Å². The maximum Gasteiger partial charge on any atom is 0.411 e. The fraction of sp³-hybridized carbons (Fsp3) is 0.222. The molecule has 4 heteroatoms. The van der Waals surface area contributed by atoms with Crippen LogP contribution in [0.3, 0.4) is 0 Å². The topological polar surface area (TPSA) is 55.4 Å². The minimum Gasteiger partial charge on any atom is -0.444 e. The molecule has 0 atom stereocenters. The van der Waals surface area contributed by atoms with Gasteiger partial charge in [-0.2, -0.15) is 0 Å². The number of rotatable bonds is 7. The van der Waals surface area contributed by atoms with Gasteiger partial charge in [0.25, 0.3) is 0 Å². The third-order valence-corrected chi connectivity index (χ3v) is 2.90. The summed E-state index contributed by atoms with van der Waals surface area (Å²) in [7, 11) is 0. The van der Waals surface area contributed by atoms with Crippen LogP contribution in [0.1, 0.15) is 24.2 Å². The summed E-state index contributed by atoms with van der Waals surface area (Å²) < 4.78 is 5.06. The largest absolute Gasteiger partial charge is 0.444 e. The van der Waals surface area contributed by atoms with Gasteiger partial charge in [-0.1, -0.05) is 45.2 Å². The first-order valence-corrected chi connectivity index (χ1v) is 7.00. The summed E-state index contributed by atoms with van der Waals surface area (Å²) in [5.74, 6) is 0.0112. The summed E-state index contributed by atoms with van der Waals surface area (Å²) in [5.41, 5.74) is 1.94. The van der Waals surface area contributed by atoms with E-state index in [1.54, 1.807) is 42.5 Å². The summed E-state index contributed by atoms with van der Waals surface area (Å²) in [4.78, 5) is 23.5. The van der Waals surface area contributed by atoms with Crippen molar-refractivity contribution in [2.24, 2.45) is 5.92 Å². The normalized spacial score (nSPS) is 11.0. The molecule has 1 aromatic rings. The van der Waals surface area contributed by atoms with Gasteiger partial charge < -0.3 is 4.74 Å². The smallest absolute Gasteiger partial charge is 0.411 e. The molecule has 0 aromatic heterocycles. The van der Waals surface area contributed by atoms with E-state index < -0.39 is 6.09 Å². The zero-order valence-electron chi connectivity index (χ0n) is 13.0. The van der Waals surface area contributed by atoms with Gasteiger partial charge in [0.1, 0.15) is 6.61 Å². The van der Waals surface area contributed by atoms with Crippen LogP contribution < -0.4 is 5.32 Å². The number of allylic oxidation sites excluding steroid dienone is 2. The number of ether oxygens (including phenoxy) is 1. The van der Waals surface area contributed by atoms with Gasteiger partial charge in [0.05, 0.1) is 0 Å². The molecule has 0 aliphatic carbocycles. The van der Waals surface area contributed by atoms with Crippen LogP contribution in [-0.2, 0) is 4.74 Å². The van der Waals surface area contributed by atoms with Crippen LogP contribution in [0.15, 0.2) is 61.2 Å². The standard InChI is InChI=1S/C18H21NO3/c1-5-7-14(6-2)12-22-18(21)19-16-10-8-15(9-11-16)17(20)13(3)4/h5-11,13H,1-2,12H2,3-4H3,(H,19,21)/b14-7+. The fourth-order valence-corrected chi connectivity index (χ4v) is 1.68. The number of hydrogen-bond acceptors (Lipinski definition) is 3. The van der Waals surface area contributed by atoms with Crippen molar-refractivity contribution in [2.75, 3.05) is 11.9 Å². The SMILES string of the molecule is C=C/C=C(\C=C)COC(=O)Nc1ccc(C(=O)C(C)C)cc1.